The molecule has 1 unspecified atom stereocenters. The van der Waals surface area contributed by atoms with Gasteiger partial charge in [-0.05, 0) is 33.1 Å². The SMILES string of the molecule is CCC(C)(C)N1CC(=O)N2CCCC2C1=O. The van der Waals surface area contributed by atoms with E-state index >= 15 is 0 Å². The number of carbonyl (C=O) groups is 2. The van der Waals surface area contributed by atoms with Crippen LogP contribution >= 0.6 is 0 Å². The van der Waals surface area contributed by atoms with Crippen molar-refractivity contribution in [1.29, 1.82) is 0 Å². The fourth-order valence-corrected chi connectivity index (χ4v) is 2.51. The average Bonchev–Trinajstić information content (AvgIpc) is 2.72. The maximum absolute atomic E-state index is 12.3. The Hall–Kier alpha value is -1.06. The minimum absolute atomic E-state index is 0.114. The normalized spacial score (nSPS) is 26.3. The van der Waals surface area contributed by atoms with Gasteiger partial charge in [0, 0.05) is 12.1 Å². The Morgan fingerprint density at radius 1 is 1.38 bits per heavy atom. The average molecular weight is 224 g/mol. The number of hydrogen-bond donors (Lipinski definition) is 0. The first-order chi connectivity index (χ1) is 7.47. The van der Waals surface area contributed by atoms with Gasteiger partial charge in [-0.15, -0.1) is 0 Å². The van der Waals surface area contributed by atoms with Gasteiger partial charge in [-0.1, -0.05) is 6.92 Å². The van der Waals surface area contributed by atoms with Gasteiger partial charge in [-0.3, -0.25) is 9.59 Å². The van der Waals surface area contributed by atoms with E-state index in [9.17, 15) is 9.59 Å². The molecular formula is C12H20N2O2. The lowest BCUT2D eigenvalue weighted by atomic mass is 9.96. The smallest absolute Gasteiger partial charge is 0.246 e. The molecule has 2 heterocycles. The summed E-state index contributed by atoms with van der Waals surface area (Å²) in [5, 5.41) is 0. The van der Waals surface area contributed by atoms with Crippen molar-refractivity contribution in [2.24, 2.45) is 0 Å². The third-order valence-corrected chi connectivity index (χ3v) is 4.01. The van der Waals surface area contributed by atoms with Gasteiger partial charge in [0.2, 0.25) is 11.8 Å². The highest BCUT2D eigenvalue weighted by Gasteiger charge is 2.45. The first kappa shape index (κ1) is 11.4. The van der Waals surface area contributed by atoms with Gasteiger partial charge >= 0.3 is 0 Å². The summed E-state index contributed by atoms with van der Waals surface area (Å²) in [4.78, 5) is 27.7. The van der Waals surface area contributed by atoms with Crippen LogP contribution in [0.1, 0.15) is 40.0 Å². The summed E-state index contributed by atoms with van der Waals surface area (Å²) in [6.45, 7) is 7.14. The number of nitrogens with zero attached hydrogens (tertiary/aromatic N) is 2. The summed E-state index contributed by atoms with van der Waals surface area (Å²) in [5.74, 6) is 0.257. The molecule has 2 rings (SSSR count). The molecule has 2 amide bonds. The van der Waals surface area contributed by atoms with E-state index in [1.807, 2.05) is 13.8 Å². The van der Waals surface area contributed by atoms with Crippen LogP contribution in [0.5, 0.6) is 0 Å². The Labute approximate surface area is 96.6 Å². The number of fused-ring (bicyclic) bond motifs is 1. The molecular weight excluding hydrogens is 204 g/mol. The fraction of sp³-hybridized carbons (Fsp3) is 0.833. The Morgan fingerprint density at radius 3 is 2.69 bits per heavy atom. The van der Waals surface area contributed by atoms with Crippen molar-refractivity contribution in [2.75, 3.05) is 13.1 Å². The molecule has 0 saturated carbocycles. The molecule has 90 valence electrons. The van der Waals surface area contributed by atoms with E-state index in [1.165, 1.54) is 0 Å². The van der Waals surface area contributed by atoms with Gasteiger partial charge in [0.05, 0.1) is 0 Å². The van der Waals surface area contributed by atoms with Crippen molar-refractivity contribution < 1.29 is 9.59 Å². The minimum Gasteiger partial charge on any atom is -0.329 e. The molecule has 0 aromatic carbocycles. The maximum atomic E-state index is 12.3. The van der Waals surface area contributed by atoms with Crippen LogP contribution in [0.15, 0.2) is 0 Å². The summed E-state index contributed by atoms with van der Waals surface area (Å²) in [7, 11) is 0. The maximum Gasteiger partial charge on any atom is 0.246 e. The van der Waals surface area contributed by atoms with Gasteiger partial charge in [0.15, 0.2) is 0 Å². The van der Waals surface area contributed by atoms with Gasteiger partial charge in [-0.2, -0.15) is 0 Å². The van der Waals surface area contributed by atoms with E-state index in [4.69, 9.17) is 0 Å². The molecule has 0 aromatic heterocycles. The number of carbonyl (C=O) groups excluding carboxylic acids is 2. The first-order valence-corrected chi connectivity index (χ1v) is 6.08. The van der Waals surface area contributed by atoms with Crippen LogP contribution in [0.2, 0.25) is 0 Å². The summed E-state index contributed by atoms with van der Waals surface area (Å²) in [5.41, 5.74) is -0.207. The van der Waals surface area contributed by atoms with Crippen LogP contribution in [0.4, 0.5) is 0 Å². The molecule has 4 heteroatoms. The summed E-state index contributed by atoms with van der Waals surface area (Å²) in [6.07, 6.45) is 2.67. The van der Waals surface area contributed by atoms with Crippen LogP contribution in [0, 0.1) is 0 Å². The summed E-state index contributed by atoms with van der Waals surface area (Å²) in [6, 6.07) is -0.174. The standard InChI is InChI=1S/C12H20N2O2/c1-4-12(2,3)14-8-10(15)13-7-5-6-9(13)11(14)16/h9H,4-8H2,1-3H3. The highest BCUT2D eigenvalue weighted by atomic mass is 16.2. The van der Waals surface area contributed by atoms with E-state index in [0.29, 0.717) is 0 Å². The third-order valence-electron chi connectivity index (χ3n) is 4.01. The molecule has 0 N–H and O–H groups in total. The fourth-order valence-electron chi connectivity index (χ4n) is 2.51. The van der Waals surface area contributed by atoms with Crippen LogP contribution in [0.3, 0.4) is 0 Å². The lowest BCUT2D eigenvalue weighted by molar-refractivity contribution is -0.158. The highest BCUT2D eigenvalue weighted by Crippen LogP contribution is 2.29. The van der Waals surface area contributed by atoms with E-state index in [2.05, 4.69) is 6.92 Å². The predicted molar refractivity (Wildman–Crippen MR) is 60.8 cm³/mol. The zero-order valence-electron chi connectivity index (χ0n) is 10.3. The second kappa shape index (κ2) is 3.75. The second-order valence-corrected chi connectivity index (χ2v) is 5.34. The van der Waals surface area contributed by atoms with Crippen LogP contribution < -0.4 is 0 Å². The first-order valence-electron chi connectivity index (χ1n) is 6.08. The Morgan fingerprint density at radius 2 is 2.06 bits per heavy atom. The van der Waals surface area contributed by atoms with Crippen molar-refractivity contribution in [3.8, 4) is 0 Å². The van der Waals surface area contributed by atoms with Gasteiger partial charge < -0.3 is 9.80 Å². The molecule has 2 aliphatic heterocycles. The van der Waals surface area contributed by atoms with E-state index < -0.39 is 0 Å². The monoisotopic (exact) mass is 224 g/mol. The van der Waals surface area contributed by atoms with E-state index in [0.717, 1.165) is 25.8 Å². The molecule has 4 nitrogen and oxygen atoms in total. The molecule has 0 aromatic rings. The Bertz CT molecular complexity index is 325. The summed E-state index contributed by atoms with van der Waals surface area (Å²) < 4.78 is 0. The van der Waals surface area contributed by atoms with E-state index in [-0.39, 0.29) is 29.9 Å². The van der Waals surface area contributed by atoms with Crippen molar-refractivity contribution in [1.82, 2.24) is 9.80 Å². The zero-order valence-corrected chi connectivity index (χ0v) is 10.3. The molecule has 0 radical (unpaired) electrons. The van der Waals surface area contributed by atoms with Crippen LogP contribution in [0.25, 0.3) is 0 Å². The third kappa shape index (κ3) is 1.60. The van der Waals surface area contributed by atoms with Crippen molar-refractivity contribution >= 4 is 11.8 Å². The Balaban J connectivity index is 2.24. The molecule has 0 spiro atoms. The molecule has 16 heavy (non-hydrogen) atoms. The quantitative estimate of drug-likeness (QED) is 0.702. The number of amides is 2. The Kier molecular flexibility index (Phi) is 2.68. The molecule has 2 saturated heterocycles. The molecule has 2 aliphatic rings. The lowest BCUT2D eigenvalue weighted by Gasteiger charge is -2.44. The van der Waals surface area contributed by atoms with Crippen molar-refractivity contribution in [3.05, 3.63) is 0 Å². The second-order valence-electron chi connectivity index (χ2n) is 5.34. The van der Waals surface area contributed by atoms with Crippen molar-refractivity contribution in [2.45, 2.75) is 51.6 Å². The van der Waals surface area contributed by atoms with Crippen LogP contribution in [-0.4, -0.2) is 46.3 Å². The molecule has 0 aliphatic carbocycles. The van der Waals surface area contributed by atoms with E-state index in [1.54, 1.807) is 9.80 Å². The number of piperazine rings is 1. The van der Waals surface area contributed by atoms with Gasteiger partial charge in [-0.25, -0.2) is 0 Å². The molecule has 0 bridgehead atoms. The topological polar surface area (TPSA) is 40.6 Å². The van der Waals surface area contributed by atoms with Crippen LogP contribution in [-0.2, 0) is 9.59 Å². The zero-order chi connectivity index (χ0) is 11.9. The summed E-state index contributed by atoms with van der Waals surface area (Å²) >= 11 is 0. The van der Waals surface area contributed by atoms with Crippen molar-refractivity contribution in [3.63, 3.8) is 0 Å². The predicted octanol–water partition coefficient (Wildman–Crippen LogP) is 1.01. The molecule has 1 atom stereocenters. The largest absolute Gasteiger partial charge is 0.329 e. The van der Waals surface area contributed by atoms with Gasteiger partial charge in [0.25, 0.3) is 0 Å². The highest BCUT2D eigenvalue weighted by molar-refractivity contribution is 5.95. The van der Waals surface area contributed by atoms with Gasteiger partial charge in [0.1, 0.15) is 12.6 Å². The molecule has 2 fully saturated rings. The lowest BCUT2D eigenvalue weighted by Crippen LogP contribution is -2.62. The number of hydrogen-bond acceptors (Lipinski definition) is 2. The minimum atomic E-state index is -0.207. The number of rotatable bonds is 2.